The minimum Gasteiger partial charge on any atom is -0.369 e. The summed E-state index contributed by atoms with van der Waals surface area (Å²) in [4.78, 5) is 27.3. The number of hydrogen-bond donors (Lipinski definition) is 1. The summed E-state index contributed by atoms with van der Waals surface area (Å²) in [5.41, 5.74) is 7.36. The fourth-order valence-electron chi connectivity index (χ4n) is 2.80. The van der Waals surface area contributed by atoms with Crippen LogP contribution in [0.4, 0.5) is 0 Å². The van der Waals surface area contributed by atoms with E-state index in [-0.39, 0.29) is 18.4 Å². The molecule has 0 saturated carbocycles. The Morgan fingerprint density at radius 2 is 2.00 bits per heavy atom. The highest BCUT2D eigenvalue weighted by molar-refractivity contribution is 6.31. The normalized spacial score (nSPS) is 16.2. The second kappa shape index (κ2) is 8.31. The Morgan fingerprint density at radius 1 is 1.22 bits per heavy atom. The van der Waals surface area contributed by atoms with Gasteiger partial charge in [-0.05, 0) is 37.0 Å². The first kappa shape index (κ1) is 17.8. The average Bonchev–Trinajstić information content (AvgIpc) is 2.73. The zero-order valence-corrected chi connectivity index (χ0v) is 14.3. The predicted octanol–water partition coefficient (Wildman–Crippen LogP) is 1.60. The van der Waals surface area contributed by atoms with Gasteiger partial charge in [0, 0.05) is 37.6 Å². The average molecular weight is 338 g/mol. The van der Waals surface area contributed by atoms with E-state index in [1.807, 2.05) is 34.9 Å². The first-order chi connectivity index (χ1) is 11.0. The van der Waals surface area contributed by atoms with Gasteiger partial charge in [0.05, 0.1) is 6.54 Å². The van der Waals surface area contributed by atoms with Crippen LogP contribution < -0.4 is 5.73 Å². The van der Waals surface area contributed by atoms with Crippen LogP contribution >= 0.6 is 11.6 Å². The molecule has 2 N–H and O–H groups in total. The zero-order valence-electron chi connectivity index (χ0n) is 13.6. The van der Waals surface area contributed by atoms with Crippen molar-refractivity contribution in [3.8, 4) is 0 Å². The third-order valence-corrected chi connectivity index (χ3v) is 4.59. The number of amides is 2. The molecule has 0 bridgehead atoms. The van der Waals surface area contributed by atoms with Crippen LogP contribution in [-0.4, -0.2) is 54.3 Å². The number of carbonyl (C=O) groups is 2. The van der Waals surface area contributed by atoms with E-state index < -0.39 is 0 Å². The maximum atomic E-state index is 12.4. The van der Waals surface area contributed by atoms with Crippen molar-refractivity contribution in [3.05, 3.63) is 34.3 Å². The van der Waals surface area contributed by atoms with Crippen molar-refractivity contribution in [3.63, 3.8) is 0 Å². The van der Waals surface area contributed by atoms with Crippen LogP contribution in [0.5, 0.6) is 0 Å². The summed E-state index contributed by atoms with van der Waals surface area (Å²) in [5, 5.41) is 0.742. The van der Waals surface area contributed by atoms with Crippen LogP contribution in [-0.2, 0) is 16.0 Å². The van der Waals surface area contributed by atoms with Gasteiger partial charge in [-0.3, -0.25) is 14.5 Å². The van der Waals surface area contributed by atoms with Crippen LogP contribution in [0, 0.1) is 6.92 Å². The molecule has 1 fully saturated rings. The monoisotopic (exact) mass is 337 g/mol. The molecule has 6 heteroatoms. The number of nitrogens with two attached hydrogens (primary N) is 1. The molecule has 0 aromatic heterocycles. The molecule has 1 aliphatic heterocycles. The van der Waals surface area contributed by atoms with Gasteiger partial charge in [0.25, 0.3) is 0 Å². The zero-order chi connectivity index (χ0) is 16.8. The fraction of sp³-hybridized carbons (Fsp3) is 0.529. The lowest BCUT2D eigenvalue weighted by molar-refractivity contribution is -0.131. The van der Waals surface area contributed by atoms with Crippen LogP contribution in [0.1, 0.15) is 24.0 Å². The molecular weight excluding hydrogens is 314 g/mol. The smallest absolute Gasteiger partial charge is 0.231 e. The van der Waals surface area contributed by atoms with Gasteiger partial charge in [-0.2, -0.15) is 0 Å². The summed E-state index contributed by atoms with van der Waals surface area (Å²) in [6.07, 6.45) is 2.05. The summed E-state index contributed by atoms with van der Waals surface area (Å²) in [7, 11) is 0. The summed E-state index contributed by atoms with van der Waals surface area (Å²) < 4.78 is 0. The molecule has 126 valence electrons. The van der Waals surface area contributed by atoms with Gasteiger partial charge >= 0.3 is 0 Å². The third-order valence-electron chi connectivity index (χ3n) is 4.18. The van der Waals surface area contributed by atoms with Crippen LogP contribution in [0.3, 0.4) is 0 Å². The molecule has 1 aliphatic rings. The minimum absolute atomic E-state index is 0.155. The molecule has 2 rings (SSSR count). The van der Waals surface area contributed by atoms with Crippen molar-refractivity contribution in [1.29, 1.82) is 0 Å². The largest absolute Gasteiger partial charge is 0.369 e. The van der Waals surface area contributed by atoms with E-state index in [9.17, 15) is 9.59 Å². The molecule has 0 aliphatic carbocycles. The molecule has 0 radical (unpaired) electrons. The van der Waals surface area contributed by atoms with Gasteiger partial charge in [-0.15, -0.1) is 0 Å². The van der Waals surface area contributed by atoms with Crippen LogP contribution in [0.25, 0.3) is 0 Å². The maximum Gasteiger partial charge on any atom is 0.231 e. The van der Waals surface area contributed by atoms with Gasteiger partial charge in [-0.25, -0.2) is 0 Å². The van der Waals surface area contributed by atoms with E-state index >= 15 is 0 Å². The summed E-state index contributed by atoms with van der Waals surface area (Å²) in [6.45, 7) is 5.13. The standard InChI is InChI=1S/C17H24ClN3O2/c1-13-3-4-14(11-15(13)18)5-6-17(23)21-8-2-7-20(9-10-21)12-16(19)22/h3-4,11H,2,5-10,12H2,1H3,(H2,19,22). The van der Waals surface area contributed by atoms with E-state index in [0.717, 1.165) is 35.7 Å². The predicted molar refractivity (Wildman–Crippen MR) is 91.3 cm³/mol. The minimum atomic E-state index is -0.318. The molecule has 2 amide bonds. The molecular formula is C17H24ClN3O2. The van der Waals surface area contributed by atoms with Gasteiger partial charge < -0.3 is 10.6 Å². The number of aryl methyl sites for hydroxylation is 2. The second-order valence-corrected chi connectivity index (χ2v) is 6.47. The molecule has 23 heavy (non-hydrogen) atoms. The van der Waals surface area contributed by atoms with Crippen molar-refractivity contribution in [1.82, 2.24) is 9.80 Å². The van der Waals surface area contributed by atoms with E-state index in [0.29, 0.717) is 25.9 Å². The van der Waals surface area contributed by atoms with E-state index in [1.165, 1.54) is 0 Å². The molecule has 1 heterocycles. The molecule has 0 atom stereocenters. The van der Waals surface area contributed by atoms with Crippen molar-refractivity contribution in [2.75, 3.05) is 32.7 Å². The number of carbonyl (C=O) groups excluding carboxylic acids is 2. The van der Waals surface area contributed by atoms with E-state index in [2.05, 4.69) is 0 Å². The number of nitrogens with zero attached hydrogens (tertiary/aromatic N) is 2. The Labute approximate surface area is 142 Å². The number of primary amides is 1. The summed E-state index contributed by atoms with van der Waals surface area (Å²) in [6, 6.07) is 5.93. The lowest BCUT2D eigenvalue weighted by Crippen LogP contribution is -2.38. The Bertz CT molecular complexity index is 577. The molecule has 5 nitrogen and oxygen atoms in total. The molecule has 0 unspecified atom stereocenters. The first-order valence-electron chi connectivity index (χ1n) is 7.99. The first-order valence-corrected chi connectivity index (χ1v) is 8.37. The quantitative estimate of drug-likeness (QED) is 0.887. The van der Waals surface area contributed by atoms with E-state index in [4.69, 9.17) is 17.3 Å². The van der Waals surface area contributed by atoms with Crippen molar-refractivity contribution < 1.29 is 9.59 Å². The molecule has 1 saturated heterocycles. The Kier molecular flexibility index (Phi) is 6.42. The van der Waals surface area contributed by atoms with Gasteiger partial charge in [0.15, 0.2) is 0 Å². The highest BCUT2D eigenvalue weighted by Crippen LogP contribution is 2.18. The van der Waals surface area contributed by atoms with Crippen molar-refractivity contribution >= 4 is 23.4 Å². The number of benzene rings is 1. The highest BCUT2D eigenvalue weighted by atomic mass is 35.5. The van der Waals surface area contributed by atoms with Gasteiger partial charge in [0.1, 0.15) is 0 Å². The van der Waals surface area contributed by atoms with Crippen LogP contribution in [0.15, 0.2) is 18.2 Å². The SMILES string of the molecule is Cc1ccc(CCC(=O)N2CCCN(CC(N)=O)CC2)cc1Cl. The van der Waals surface area contributed by atoms with Crippen LogP contribution in [0.2, 0.25) is 5.02 Å². The number of halogens is 1. The molecule has 1 aromatic rings. The summed E-state index contributed by atoms with van der Waals surface area (Å²) in [5.74, 6) is -0.163. The van der Waals surface area contributed by atoms with Crippen molar-refractivity contribution in [2.45, 2.75) is 26.2 Å². The summed E-state index contributed by atoms with van der Waals surface area (Å²) >= 11 is 6.12. The third kappa shape index (κ3) is 5.52. The second-order valence-electron chi connectivity index (χ2n) is 6.06. The number of hydrogen-bond acceptors (Lipinski definition) is 3. The van der Waals surface area contributed by atoms with Crippen molar-refractivity contribution in [2.24, 2.45) is 5.73 Å². The Balaban J connectivity index is 1.83. The number of rotatable bonds is 5. The highest BCUT2D eigenvalue weighted by Gasteiger charge is 2.19. The fourth-order valence-corrected chi connectivity index (χ4v) is 3.00. The topological polar surface area (TPSA) is 66.6 Å². The maximum absolute atomic E-state index is 12.4. The molecule has 0 spiro atoms. The van der Waals surface area contributed by atoms with Gasteiger partial charge in [-0.1, -0.05) is 23.7 Å². The lowest BCUT2D eigenvalue weighted by atomic mass is 10.1. The van der Waals surface area contributed by atoms with Gasteiger partial charge in [0.2, 0.25) is 11.8 Å². The molecule has 1 aromatic carbocycles. The lowest BCUT2D eigenvalue weighted by Gasteiger charge is -2.21. The van der Waals surface area contributed by atoms with E-state index in [1.54, 1.807) is 0 Å². The Hall–Kier alpha value is -1.59. The Morgan fingerprint density at radius 3 is 2.70 bits per heavy atom.